The standard InChI is InChI=1S/C28H40N6O4/c1-4-20(19-10-8-14-34(19)3)37-26-21(17(2)29)24(30)31-25(32-26)22-18-9-7-12-27(23(18)33-38-22)11-5-6-13-28(27)35-15-16-36-28/h19-20,29H,4-16H2,1-3H3,(H2,30,31,32)/t19-,20-,27-/m0/s1. The van der Waals surface area contributed by atoms with Crippen LogP contribution in [0.2, 0.25) is 0 Å². The van der Waals surface area contributed by atoms with Crippen molar-refractivity contribution in [2.45, 2.75) is 101 Å². The molecule has 3 fully saturated rings. The molecular weight excluding hydrogens is 484 g/mol. The van der Waals surface area contributed by atoms with E-state index in [0.29, 0.717) is 42.3 Å². The molecule has 4 heterocycles. The van der Waals surface area contributed by atoms with Gasteiger partial charge in [-0.15, -0.1) is 0 Å². The number of likely N-dealkylation sites (N-methyl/N-ethyl adjacent to an activating group) is 1. The molecule has 2 aliphatic carbocycles. The molecular formula is C28H40N6O4. The summed E-state index contributed by atoms with van der Waals surface area (Å²) in [6, 6.07) is 0.297. The van der Waals surface area contributed by atoms with Gasteiger partial charge in [-0.25, -0.2) is 4.98 Å². The molecule has 0 bridgehead atoms. The Morgan fingerprint density at radius 3 is 2.63 bits per heavy atom. The van der Waals surface area contributed by atoms with E-state index in [9.17, 15) is 0 Å². The Kier molecular flexibility index (Phi) is 6.68. The third-order valence-electron chi connectivity index (χ3n) is 9.27. The van der Waals surface area contributed by atoms with Crippen molar-refractivity contribution >= 4 is 11.5 Å². The minimum absolute atomic E-state index is 0.0616. The zero-order valence-corrected chi connectivity index (χ0v) is 22.8. The van der Waals surface area contributed by atoms with E-state index in [2.05, 4.69) is 29.0 Å². The fourth-order valence-corrected chi connectivity index (χ4v) is 7.46. The number of aromatic nitrogens is 3. The molecule has 6 rings (SSSR count). The molecule has 10 nitrogen and oxygen atoms in total. The molecule has 2 aromatic rings. The van der Waals surface area contributed by atoms with E-state index >= 15 is 0 Å². The van der Waals surface area contributed by atoms with Gasteiger partial charge in [-0.3, -0.25) is 4.90 Å². The fourth-order valence-electron chi connectivity index (χ4n) is 7.46. The third kappa shape index (κ3) is 3.95. The van der Waals surface area contributed by atoms with E-state index in [1.54, 1.807) is 6.92 Å². The maximum absolute atomic E-state index is 8.37. The Hall–Kier alpha value is -2.56. The van der Waals surface area contributed by atoms with Gasteiger partial charge in [0.2, 0.25) is 17.5 Å². The molecule has 38 heavy (non-hydrogen) atoms. The van der Waals surface area contributed by atoms with Crippen LogP contribution in [0.4, 0.5) is 5.82 Å². The number of hydrogen-bond acceptors (Lipinski definition) is 10. The average Bonchev–Trinajstić information content (AvgIpc) is 3.65. The number of fused-ring (bicyclic) bond motifs is 3. The number of nitrogens with one attached hydrogen (secondary N) is 1. The lowest BCUT2D eigenvalue weighted by atomic mass is 9.61. The summed E-state index contributed by atoms with van der Waals surface area (Å²) in [7, 11) is 2.14. The minimum atomic E-state index is -0.633. The Labute approximate surface area is 224 Å². The highest BCUT2D eigenvalue weighted by atomic mass is 16.7. The van der Waals surface area contributed by atoms with Gasteiger partial charge in [0.15, 0.2) is 5.79 Å². The first-order valence-electron chi connectivity index (χ1n) is 14.3. The van der Waals surface area contributed by atoms with Crippen LogP contribution in [0.25, 0.3) is 11.6 Å². The molecule has 1 saturated carbocycles. The highest BCUT2D eigenvalue weighted by Gasteiger charge is 2.61. The van der Waals surface area contributed by atoms with E-state index in [4.69, 9.17) is 34.9 Å². The van der Waals surface area contributed by atoms with Gasteiger partial charge in [-0.1, -0.05) is 18.5 Å². The summed E-state index contributed by atoms with van der Waals surface area (Å²) in [4.78, 5) is 11.8. The van der Waals surface area contributed by atoms with Gasteiger partial charge < -0.3 is 29.9 Å². The van der Waals surface area contributed by atoms with Gasteiger partial charge in [0.25, 0.3) is 0 Å². The molecule has 206 valence electrons. The van der Waals surface area contributed by atoms with Crippen molar-refractivity contribution in [3.05, 3.63) is 16.8 Å². The molecule has 3 atom stereocenters. The number of nitrogen functional groups attached to an aromatic ring is 1. The zero-order valence-electron chi connectivity index (χ0n) is 22.8. The lowest BCUT2D eigenvalue weighted by Gasteiger charge is -2.50. The van der Waals surface area contributed by atoms with E-state index in [-0.39, 0.29) is 23.0 Å². The van der Waals surface area contributed by atoms with E-state index in [1.165, 1.54) is 0 Å². The molecule has 0 radical (unpaired) electrons. The molecule has 2 aliphatic heterocycles. The Balaban J connectivity index is 1.41. The topological polar surface area (TPSA) is 133 Å². The van der Waals surface area contributed by atoms with Gasteiger partial charge in [-0.05, 0) is 71.9 Å². The van der Waals surface area contributed by atoms with Crippen LogP contribution in [0.1, 0.15) is 88.5 Å². The molecule has 4 aliphatic rings. The Morgan fingerprint density at radius 1 is 1.16 bits per heavy atom. The van der Waals surface area contributed by atoms with Crippen molar-refractivity contribution in [1.29, 1.82) is 5.41 Å². The van der Waals surface area contributed by atoms with Gasteiger partial charge in [0.1, 0.15) is 11.9 Å². The van der Waals surface area contributed by atoms with Crippen molar-refractivity contribution in [2.75, 3.05) is 32.5 Å². The van der Waals surface area contributed by atoms with Crippen LogP contribution in [-0.2, 0) is 21.3 Å². The van der Waals surface area contributed by atoms with Gasteiger partial charge in [0, 0.05) is 23.7 Å². The Bertz CT molecular complexity index is 1210. The molecule has 2 aromatic heterocycles. The lowest BCUT2D eigenvalue weighted by molar-refractivity contribution is -0.231. The maximum Gasteiger partial charge on any atom is 0.228 e. The number of likely N-dealkylation sites (tertiary alicyclic amines) is 1. The summed E-state index contributed by atoms with van der Waals surface area (Å²) in [5, 5.41) is 13.0. The highest BCUT2D eigenvalue weighted by Crippen LogP contribution is 2.56. The maximum atomic E-state index is 8.37. The normalized spacial score (nSPS) is 27.6. The van der Waals surface area contributed by atoms with Crippen LogP contribution >= 0.6 is 0 Å². The van der Waals surface area contributed by atoms with Crippen LogP contribution < -0.4 is 10.5 Å². The van der Waals surface area contributed by atoms with Crippen molar-refractivity contribution in [3.63, 3.8) is 0 Å². The Morgan fingerprint density at radius 2 is 1.92 bits per heavy atom. The first-order chi connectivity index (χ1) is 18.4. The molecule has 0 aromatic carbocycles. The molecule has 3 N–H and O–H groups in total. The monoisotopic (exact) mass is 524 g/mol. The molecule has 10 heteroatoms. The predicted molar refractivity (Wildman–Crippen MR) is 143 cm³/mol. The van der Waals surface area contributed by atoms with E-state index < -0.39 is 5.79 Å². The first-order valence-corrected chi connectivity index (χ1v) is 14.3. The summed E-state index contributed by atoms with van der Waals surface area (Å²) < 4.78 is 25.3. The SMILES string of the molecule is CC[C@H](Oc1nc(-c2onc3c2CCC[C@@]32CCCCC23OCCO3)nc(N)c1C(C)=N)[C@@H]1CCCN1C. The number of nitrogens with zero attached hydrogens (tertiary/aromatic N) is 4. The smallest absolute Gasteiger partial charge is 0.228 e. The molecule has 2 spiro atoms. The number of rotatable bonds is 6. The zero-order chi connectivity index (χ0) is 26.5. The molecule has 0 amide bonds. The van der Waals surface area contributed by atoms with Crippen LogP contribution in [0.3, 0.4) is 0 Å². The third-order valence-corrected chi connectivity index (χ3v) is 9.27. The van der Waals surface area contributed by atoms with Crippen LogP contribution in [-0.4, -0.2) is 70.5 Å². The number of nitrogens with two attached hydrogens (primary N) is 1. The van der Waals surface area contributed by atoms with Crippen LogP contribution in [0, 0.1) is 5.41 Å². The first kappa shape index (κ1) is 25.7. The van der Waals surface area contributed by atoms with Crippen LogP contribution in [0.15, 0.2) is 4.52 Å². The number of anilines is 1. The summed E-state index contributed by atoms with van der Waals surface area (Å²) >= 11 is 0. The molecule has 0 unspecified atom stereocenters. The molecule has 2 saturated heterocycles. The van der Waals surface area contributed by atoms with Crippen molar-refractivity contribution in [3.8, 4) is 17.5 Å². The second-order valence-corrected chi connectivity index (χ2v) is 11.4. The predicted octanol–water partition coefficient (Wildman–Crippen LogP) is 4.24. The largest absolute Gasteiger partial charge is 0.472 e. The summed E-state index contributed by atoms with van der Waals surface area (Å²) in [5.41, 5.74) is 8.78. The van der Waals surface area contributed by atoms with Gasteiger partial charge in [0.05, 0.1) is 29.9 Å². The quantitative estimate of drug-likeness (QED) is 0.532. The van der Waals surface area contributed by atoms with Gasteiger partial charge in [-0.2, -0.15) is 4.98 Å². The van der Waals surface area contributed by atoms with Crippen molar-refractivity contribution < 1.29 is 18.7 Å². The lowest BCUT2D eigenvalue weighted by Crippen LogP contribution is -2.56. The van der Waals surface area contributed by atoms with Crippen molar-refractivity contribution in [2.24, 2.45) is 0 Å². The average molecular weight is 525 g/mol. The van der Waals surface area contributed by atoms with E-state index in [0.717, 1.165) is 82.0 Å². The summed E-state index contributed by atoms with van der Waals surface area (Å²) in [5.74, 6) is 0.834. The number of ether oxygens (including phenoxy) is 3. The van der Waals surface area contributed by atoms with Gasteiger partial charge >= 0.3 is 0 Å². The van der Waals surface area contributed by atoms with E-state index in [1.807, 2.05) is 0 Å². The second kappa shape index (κ2) is 9.88. The second-order valence-electron chi connectivity index (χ2n) is 11.4. The van der Waals surface area contributed by atoms with Crippen LogP contribution in [0.5, 0.6) is 5.88 Å². The fraction of sp³-hybridized carbons (Fsp3) is 0.714. The number of hydrogen-bond donors (Lipinski definition) is 2. The summed E-state index contributed by atoms with van der Waals surface area (Å²) in [6.45, 7) is 6.09. The minimum Gasteiger partial charge on any atom is -0.472 e. The summed E-state index contributed by atoms with van der Waals surface area (Å²) in [6.07, 6.45) is 9.78. The highest BCUT2D eigenvalue weighted by molar-refractivity contribution is 6.02. The van der Waals surface area contributed by atoms with Crippen molar-refractivity contribution in [1.82, 2.24) is 20.0 Å².